The zero-order valence-corrected chi connectivity index (χ0v) is 10.7. The van der Waals surface area contributed by atoms with E-state index in [1.165, 1.54) is 12.4 Å². The molecule has 16 heavy (non-hydrogen) atoms. The minimum Gasteiger partial charge on any atom is -0.265 e. The van der Waals surface area contributed by atoms with Crippen LogP contribution in [0.3, 0.4) is 0 Å². The Bertz CT molecular complexity index is 448. The summed E-state index contributed by atoms with van der Waals surface area (Å²) < 4.78 is 25.5. The van der Waals surface area contributed by atoms with Crippen LogP contribution in [-0.2, 0) is 10.0 Å². The van der Waals surface area contributed by atoms with Crippen LogP contribution in [0.1, 0.15) is 20.3 Å². The Kier molecular flexibility index (Phi) is 4.49. The summed E-state index contributed by atoms with van der Waals surface area (Å²) in [5.41, 5.74) is 0. The van der Waals surface area contributed by atoms with E-state index < -0.39 is 10.0 Å². The normalized spacial score (nSPS) is 11.8. The van der Waals surface area contributed by atoms with Crippen molar-refractivity contribution in [2.24, 2.45) is 5.92 Å². The van der Waals surface area contributed by atoms with Gasteiger partial charge in [0, 0.05) is 12.4 Å². The Hall–Kier alpha value is -0.880. The van der Waals surface area contributed by atoms with Crippen LogP contribution in [0.25, 0.3) is 0 Å². The second-order valence-corrected chi connectivity index (χ2v) is 6.00. The Morgan fingerprint density at radius 2 is 2.00 bits per heavy atom. The third-order valence-electron chi connectivity index (χ3n) is 1.87. The lowest BCUT2D eigenvalue weighted by Crippen LogP contribution is -2.19. The van der Waals surface area contributed by atoms with Crippen molar-refractivity contribution in [3.63, 3.8) is 0 Å². The van der Waals surface area contributed by atoms with Gasteiger partial charge in [-0.05, 0) is 12.3 Å². The highest BCUT2D eigenvalue weighted by Crippen LogP contribution is 2.16. The first-order chi connectivity index (χ1) is 7.41. The molecule has 1 heterocycles. The SMILES string of the molecule is CC(C)CCS(=O)(=O)Nc1nccnc1Cl. The molecule has 1 rings (SSSR count). The van der Waals surface area contributed by atoms with Crippen molar-refractivity contribution in [3.8, 4) is 0 Å². The third kappa shape index (κ3) is 4.32. The molecule has 0 aliphatic carbocycles. The molecule has 0 amide bonds. The fourth-order valence-corrected chi connectivity index (χ4v) is 2.51. The maximum atomic E-state index is 11.6. The van der Waals surface area contributed by atoms with Crippen molar-refractivity contribution in [2.45, 2.75) is 20.3 Å². The molecule has 0 atom stereocenters. The maximum Gasteiger partial charge on any atom is 0.233 e. The zero-order chi connectivity index (χ0) is 12.2. The van der Waals surface area contributed by atoms with Gasteiger partial charge in [-0.15, -0.1) is 0 Å². The smallest absolute Gasteiger partial charge is 0.233 e. The summed E-state index contributed by atoms with van der Waals surface area (Å²) in [7, 11) is -3.39. The number of rotatable bonds is 5. The molecule has 0 spiro atoms. The first-order valence-corrected chi connectivity index (χ1v) is 6.91. The van der Waals surface area contributed by atoms with Crippen LogP contribution >= 0.6 is 11.6 Å². The number of nitrogens with zero attached hydrogens (tertiary/aromatic N) is 2. The molecule has 1 N–H and O–H groups in total. The van der Waals surface area contributed by atoms with Crippen molar-refractivity contribution in [3.05, 3.63) is 17.5 Å². The number of nitrogens with one attached hydrogen (secondary N) is 1. The van der Waals surface area contributed by atoms with Gasteiger partial charge in [-0.1, -0.05) is 25.4 Å². The van der Waals surface area contributed by atoms with Crippen LogP contribution < -0.4 is 4.72 Å². The van der Waals surface area contributed by atoms with E-state index in [2.05, 4.69) is 14.7 Å². The van der Waals surface area contributed by atoms with Gasteiger partial charge in [-0.25, -0.2) is 18.4 Å². The van der Waals surface area contributed by atoms with E-state index in [9.17, 15) is 8.42 Å². The molecule has 0 aliphatic rings. The van der Waals surface area contributed by atoms with E-state index in [-0.39, 0.29) is 16.7 Å². The van der Waals surface area contributed by atoms with Gasteiger partial charge in [0.25, 0.3) is 0 Å². The van der Waals surface area contributed by atoms with E-state index >= 15 is 0 Å². The first-order valence-electron chi connectivity index (χ1n) is 4.88. The predicted molar refractivity (Wildman–Crippen MR) is 63.9 cm³/mol. The lowest BCUT2D eigenvalue weighted by molar-refractivity contribution is 0.577. The molecular weight excluding hydrogens is 250 g/mol. The van der Waals surface area contributed by atoms with Gasteiger partial charge in [0.1, 0.15) is 0 Å². The van der Waals surface area contributed by atoms with Gasteiger partial charge in [0.05, 0.1) is 5.75 Å². The molecule has 0 unspecified atom stereocenters. The Morgan fingerprint density at radius 3 is 2.56 bits per heavy atom. The molecular formula is C9H14ClN3O2S. The number of anilines is 1. The van der Waals surface area contributed by atoms with Gasteiger partial charge >= 0.3 is 0 Å². The number of halogens is 1. The van der Waals surface area contributed by atoms with Crippen molar-refractivity contribution in [2.75, 3.05) is 10.5 Å². The second-order valence-electron chi connectivity index (χ2n) is 3.80. The van der Waals surface area contributed by atoms with Crippen molar-refractivity contribution in [1.29, 1.82) is 0 Å². The standard InChI is InChI=1S/C9H14ClN3O2S/c1-7(2)3-6-16(14,15)13-9-8(10)11-4-5-12-9/h4-5,7H,3,6H2,1-2H3,(H,12,13). The summed E-state index contributed by atoms with van der Waals surface area (Å²) in [5, 5.41) is 0.0515. The molecule has 0 aromatic carbocycles. The predicted octanol–water partition coefficient (Wildman–Crippen LogP) is 1.92. The van der Waals surface area contributed by atoms with Gasteiger partial charge in [-0.3, -0.25) is 4.72 Å². The minimum absolute atomic E-state index is 0.0515. The van der Waals surface area contributed by atoms with E-state index in [1.807, 2.05) is 13.8 Å². The van der Waals surface area contributed by atoms with E-state index in [0.29, 0.717) is 12.3 Å². The highest BCUT2D eigenvalue weighted by atomic mass is 35.5. The van der Waals surface area contributed by atoms with E-state index in [1.54, 1.807) is 0 Å². The summed E-state index contributed by atoms with van der Waals surface area (Å²) >= 11 is 5.69. The maximum absolute atomic E-state index is 11.6. The van der Waals surface area contributed by atoms with Crippen molar-refractivity contribution < 1.29 is 8.42 Å². The molecule has 5 nitrogen and oxygen atoms in total. The van der Waals surface area contributed by atoms with Crippen LogP contribution in [-0.4, -0.2) is 24.1 Å². The van der Waals surface area contributed by atoms with Crippen LogP contribution in [0.5, 0.6) is 0 Å². The number of hydrogen-bond donors (Lipinski definition) is 1. The zero-order valence-electron chi connectivity index (χ0n) is 9.14. The van der Waals surface area contributed by atoms with E-state index in [4.69, 9.17) is 11.6 Å². The highest BCUT2D eigenvalue weighted by molar-refractivity contribution is 7.92. The Morgan fingerprint density at radius 1 is 1.38 bits per heavy atom. The number of aromatic nitrogens is 2. The van der Waals surface area contributed by atoms with Crippen LogP contribution in [0.4, 0.5) is 5.82 Å². The molecule has 0 radical (unpaired) electrons. The molecule has 0 saturated heterocycles. The monoisotopic (exact) mass is 263 g/mol. The van der Waals surface area contributed by atoms with Gasteiger partial charge in [0.2, 0.25) is 10.0 Å². The lowest BCUT2D eigenvalue weighted by Gasteiger charge is -2.08. The molecule has 0 saturated carbocycles. The molecule has 1 aromatic rings. The summed E-state index contributed by atoms with van der Waals surface area (Å²) in [4.78, 5) is 7.54. The second kappa shape index (κ2) is 5.45. The molecule has 0 aliphatic heterocycles. The average molecular weight is 264 g/mol. The third-order valence-corrected chi connectivity index (χ3v) is 3.42. The van der Waals surface area contributed by atoms with Gasteiger partial charge in [-0.2, -0.15) is 0 Å². The minimum atomic E-state index is -3.39. The van der Waals surface area contributed by atoms with Crippen LogP contribution in [0.15, 0.2) is 12.4 Å². The quantitative estimate of drug-likeness (QED) is 0.881. The molecule has 0 fully saturated rings. The summed E-state index contributed by atoms with van der Waals surface area (Å²) in [5.74, 6) is 0.458. The van der Waals surface area contributed by atoms with Crippen molar-refractivity contribution in [1.82, 2.24) is 9.97 Å². The molecule has 0 bridgehead atoms. The Balaban J connectivity index is 2.70. The van der Waals surface area contributed by atoms with Gasteiger partial charge < -0.3 is 0 Å². The lowest BCUT2D eigenvalue weighted by atomic mass is 10.2. The fraction of sp³-hybridized carbons (Fsp3) is 0.556. The highest BCUT2D eigenvalue weighted by Gasteiger charge is 2.14. The van der Waals surface area contributed by atoms with Gasteiger partial charge in [0.15, 0.2) is 11.0 Å². The van der Waals surface area contributed by atoms with Crippen LogP contribution in [0.2, 0.25) is 5.15 Å². The fourth-order valence-electron chi connectivity index (χ4n) is 0.979. The topological polar surface area (TPSA) is 72.0 Å². The number of sulfonamides is 1. The summed E-state index contributed by atoms with van der Waals surface area (Å²) in [6, 6.07) is 0. The number of hydrogen-bond acceptors (Lipinski definition) is 4. The molecule has 90 valence electrons. The van der Waals surface area contributed by atoms with Crippen LogP contribution in [0, 0.1) is 5.92 Å². The van der Waals surface area contributed by atoms with E-state index in [0.717, 1.165) is 0 Å². The summed E-state index contributed by atoms with van der Waals surface area (Å²) in [6.45, 7) is 3.93. The largest absolute Gasteiger partial charge is 0.265 e. The molecule has 1 aromatic heterocycles. The Labute approximate surface area is 100 Å². The van der Waals surface area contributed by atoms with Crippen molar-refractivity contribution >= 4 is 27.4 Å². The summed E-state index contributed by atoms with van der Waals surface area (Å²) in [6.07, 6.45) is 3.37. The first kappa shape index (κ1) is 13.2. The molecule has 7 heteroatoms. The average Bonchev–Trinajstić information content (AvgIpc) is 2.19.